The van der Waals surface area contributed by atoms with Crippen molar-refractivity contribution in [1.29, 1.82) is 0 Å². The van der Waals surface area contributed by atoms with Gasteiger partial charge in [-0.05, 0) is 41.3 Å². The van der Waals surface area contributed by atoms with E-state index in [0.717, 1.165) is 22.0 Å². The van der Waals surface area contributed by atoms with E-state index in [2.05, 4.69) is 5.32 Å². The molecule has 3 rings (SSSR count). The number of nitrogens with one attached hydrogen (secondary N) is 1. The van der Waals surface area contributed by atoms with Gasteiger partial charge in [-0.2, -0.15) is 17.5 Å². The minimum absolute atomic E-state index is 0.0223. The molecule has 2 amide bonds. The fourth-order valence-electron chi connectivity index (χ4n) is 3.99. The van der Waals surface area contributed by atoms with Crippen LogP contribution in [-0.2, 0) is 37.1 Å². The molecule has 0 spiro atoms. The van der Waals surface area contributed by atoms with E-state index in [1.165, 1.54) is 36.3 Å². The topological polar surface area (TPSA) is 96.0 Å². The van der Waals surface area contributed by atoms with Crippen LogP contribution in [0.3, 0.4) is 0 Å². The molecule has 0 aliphatic carbocycles. The Balaban J connectivity index is 1.82. The van der Waals surface area contributed by atoms with E-state index >= 15 is 0 Å². The average molecular weight is 542 g/mol. The maximum absolute atomic E-state index is 13.5. The lowest BCUT2D eigenvalue weighted by molar-refractivity contribution is -0.139. The maximum Gasteiger partial charge on any atom is 0.416 e. The molecule has 0 bridgehead atoms. The van der Waals surface area contributed by atoms with Crippen molar-refractivity contribution < 1.29 is 35.9 Å². The summed E-state index contributed by atoms with van der Waals surface area (Å²) in [5, 5.41) is 2.60. The largest absolute Gasteiger partial charge is 0.416 e. The Hall–Kier alpha value is -2.96. The first-order chi connectivity index (χ1) is 17.3. The summed E-state index contributed by atoms with van der Waals surface area (Å²) in [6.45, 7) is 3.41. The second-order valence-electron chi connectivity index (χ2n) is 9.04. The fraction of sp³-hybridized carbons (Fsp3) is 0.440. The molecule has 2 aromatic rings. The summed E-state index contributed by atoms with van der Waals surface area (Å²) >= 11 is 0. The second-order valence-corrected chi connectivity index (χ2v) is 10.9. The van der Waals surface area contributed by atoms with E-state index in [1.54, 1.807) is 12.1 Å². The number of piperazine rings is 1. The van der Waals surface area contributed by atoms with Crippen LogP contribution in [0.5, 0.6) is 0 Å². The SMILES string of the molecule is COCC(=O)N1CCN(S(=O)(=O)c2ccc(C(C)C)cc2)C(C(=O)NCc2ccc(C(F)(F)F)cc2)C1. The summed E-state index contributed by atoms with van der Waals surface area (Å²) in [5.74, 6) is -0.852. The molecule has 37 heavy (non-hydrogen) atoms. The standard InChI is InChI=1S/C25H30F3N3O5S/c1-17(2)19-6-10-21(11-7-19)37(34,35)31-13-12-30(23(32)16-36-3)15-22(31)24(33)29-14-18-4-8-20(9-5-18)25(26,27)28/h4-11,17,22H,12-16H2,1-3H3,(H,29,33). The van der Waals surface area contributed by atoms with Crippen molar-refractivity contribution in [3.63, 3.8) is 0 Å². The smallest absolute Gasteiger partial charge is 0.375 e. The molecule has 8 nitrogen and oxygen atoms in total. The molecule has 1 unspecified atom stereocenters. The minimum Gasteiger partial charge on any atom is -0.375 e. The van der Waals surface area contributed by atoms with Crippen molar-refractivity contribution in [3.05, 3.63) is 65.2 Å². The second kappa shape index (κ2) is 11.6. The third-order valence-electron chi connectivity index (χ3n) is 6.16. The van der Waals surface area contributed by atoms with E-state index in [4.69, 9.17) is 4.74 Å². The van der Waals surface area contributed by atoms with Gasteiger partial charge in [0.1, 0.15) is 12.6 Å². The van der Waals surface area contributed by atoms with Crippen LogP contribution in [0.2, 0.25) is 0 Å². The Morgan fingerprint density at radius 1 is 1.05 bits per heavy atom. The number of sulfonamides is 1. The number of carbonyl (C=O) groups is 2. The Kier molecular flexibility index (Phi) is 8.98. The lowest BCUT2D eigenvalue weighted by Crippen LogP contribution is -2.61. The van der Waals surface area contributed by atoms with Crippen LogP contribution in [0.25, 0.3) is 0 Å². The molecule has 1 aliphatic heterocycles. The predicted octanol–water partition coefficient (Wildman–Crippen LogP) is 2.99. The van der Waals surface area contributed by atoms with E-state index in [-0.39, 0.29) is 49.5 Å². The number of rotatable bonds is 8. The zero-order valence-electron chi connectivity index (χ0n) is 20.8. The lowest BCUT2D eigenvalue weighted by Gasteiger charge is -2.39. The lowest BCUT2D eigenvalue weighted by atomic mass is 10.0. The normalized spacial score (nSPS) is 17.2. The van der Waals surface area contributed by atoms with Crippen LogP contribution in [0.15, 0.2) is 53.4 Å². The van der Waals surface area contributed by atoms with E-state index in [1.807, 2.05) is 13.8 Å². The van der Waals surface area contributed by atoms with Crippen LogP contribution in [-0.4, -0.2) is 68.8 Å². The van der Waals surface area contributed by atoms with Gasteiger partial charge >= 0.3 is 6.18 Å². The first-order valence-electron chi connectivity index (χ1n) is 11.7. The molecular formula is C25H30F3N3O5S. The van der Waals surface area contributed by atoms with Gasteiger partial charge in [0, 0.05) is 33.3 Å². The van der Waals surface area contributed by atoms with E-state index in [9.17, 15) is 31.2 Å². The number of nitrogens with zero attached hydrogens (tertiary/aromatic N) is 2. The first kappa shape index (κ1) is 28.6. The molecule has 12 heteroatoms. The number of methoxy groups -OCH3 is 1. The van der Waals surface area contributed by atoms with Crippen molar-refractivity contribution in [1.82, 2.24) is 14.5 Å². The molecule has 0 aromatic heterocycles. The molecule has 1 fully saturated rings. The first-order valence-corrected chi connectivity index (χ1v) is 13.1. The zero-order valence-corrected chi connectivity index (χ0v) is 21.6. The highest BCUT2D eigenvalue weighted by molar-refractivity contribution is 7.89. The van der Waals surface area contributed by atoms with Crippen LogP contribution < -0.4 is 5.32 Å². The molecule has 0 radical (unpaired) electrons. The number of amides is 2. The van der Waals surface area contributed by atoms with Gasteiger partial charge in [0.2, 0.25) is 21.8 Å². The minimum atomic E-state index is -4.48. The third kappa shape index (κ3) is 6.88. The van der Waals surface area contributed by atoms with Gasteiger partial charge in [-0.25, -0.2) is 8.42 Å². The van der Waals surface area contributed by atoms with E-state index in [0.29, 0.717) is 5.56 Å². The molecule has 2 aromatic carbocycles. The Labute approximate surface area is 214 Å². The van der Waals surface area contributed by atoms with Crippen molar-refractivity contribution in [2.24, 2.45) is 0 Å². The van der Waals surface area contributed by atoms with Gasteiger partial charge < -0.3 is 15.0 Å². The van der Waals surface area contributed by atoms with Gasteiger partial charge in [-0.3, -0.25) is 9.59 Å². The molecule has 0 saturated carbocycles. The van der Waals surface area contributed by atoms with Gasteiger partial charge in [0.05, 0.1) is 10.5 Å². The van der Waals surface area contributed by atoms with Gasteiger partial charge in [-0.15, -0.1) is 0 Å². The van der Waals surface area contributed by atoms with Crippen molar-refractivity contribution in [2.45, 2.75) is 43.4 Å². The molecule has 1 N–H and O–H groups in total. The summed E-state index contributed by atoms with van der Waals surface area (Å²) < 4.78 is 71.4. The molecule has 1 heterocycles. The number of hydrogen-bond donors (Lipinski definition) is 1. The number of alkyl halides is 3. The summed E-state index contributed by atoms with van der Waals surface area (Å²) in [6.07, 6.45) is -4.48. The fourth-order valence-corrected chi connectivity index (χ4v) is 5.56. The number of benzene rings is 2. The van der Waals surface area contributed by atoms with Gasteiger partial charge in [-0.1, -0.05) is 38.1 Å². The van der Waals surface area contributed by atoms with Crippen molar-refractivity contribution >= 4 is 21.8 Å². The number of halogens is 3. The van der Waals surface area contributed by atoms with E-state index < -0.39 is 33.7 Å². The average Bonchev–Trinajstić information content (AvgIpc) is 2.86. The zero-order chi connectivity index (χ0) is 27.4. The molecule has 1 aliphatic rings. The Morgan fingerprint density at radius 3 is 2.22 bits per heavy atom. The van der Waals surface area contributed by atoms with Crippen LogP contribution in [0.4, 0.5) is 13.2 Å². The molecule has 1 atom stereocenters. The van der Waals surface area contributed by atoms with Crippen molar-refractivity contribution in [3.8, 4) is 0 Å². The number of ether oxygens (including phenoxy) is 1. The highest BCUT2D eigenvalue weighted by Gasteiger charge is 2.41. The van der Waals surface area contributed by atoms with Crippen LogP contribution in [0.1, 0.15) is 36.5 Å². The monoisotopic (exact) mass is 541 g/mol. The summed E-state index contributed by atoms with van der Waals surface area (Å²) in [6, 6.07) is 9.47. The van der Waals surface area contributed by atoms with Gasteiger partial charge in [0.15, 0.2) is 0 Å². The molecular weight excluding hydrogens is 511 g/mol. The highest BCUT2D eigenvalue weighted by Crippen LogP contribution is 2.29. The van der Waals surface area contributed by atoms with Gasteiger partial charge in [0.25, 0.3) is 0 Å². The maximum atomic E-state index is 13.5. The highest BCUT2D eigenvalue weighted by atomic mass is 32.2. The summed E-state index contributed by atoms with van der Waals surface area (Å²) in [4.78, 5) is 27.0. The Bertz CT molecular complexity index is 1200. The summed E-state index contributed by atoms with van der Waals surface area (Å²) in [5.41, 5.74) is 0.547. The van der Waals surface area contributed by atoms with Crippen molar-refractivity contribution in [2.75, 3.05) is 33.4 Å². The third-order valence-corrected chi connectivity index (χ3v) is 8.08. The summed E-state index contributed by atoms with van der Waals surface area (Å²) in [7, 11) is -2.73. The Morgan fingerprint density at radius 2 is 1.68 bits per heavy atom. The van der Waals surface area contributed by atoms with Crippen LogP contribution in [0, 0.1) is 0 Å². The number of carbonyl (C=O) groups excluding carboxylic acids is 2. The number of hydrogen-bond acceptors (Lipinski definition) is 5. The molecule has 1 saturated heterocycles. The van der Waals surface area contributed by atoms with Crippen LogP contribution >= 0.6 is 0 Å². The predicted molar refractivity (Wildman–Crippen MR) is 130 cm³/mol. The molecule has 202 valence electrons. The quantitative estimate of drug-likeness (QED) is 0.555.